The van der Waals surface area contributed by atoms with E-state index in [1.165, 1.54) is 0 Å². The molecule has 0 fully saturated rings. The Bertz CT molecular complexity index is 1530. The molecule has 0 aliphatic rings. The van der Waals surface area contributed by atoms with Crippen LogP contribution in [0.3, 0.4) is 0 Å². The van der Waals surface area contributed by atoms with Gasteiger partial charge in [0.1, 0.15) is 21.2 Å². The van der Waals surface area contributed by atoms with Gasteiger partial charge in [-0.15, -0.1) is 10.2 Å². The molecule has 0 spiro atoms. The first kappa shape index (κ1) is 22.8. The van der Waals surface area contributed by atoms with Gasteiger partial charge in [-0.1, -0.05) is 6.07 Å². The molecule has 0 aliphatic carbocycles. The molecule has 0 amide bonds. The van der Waals surface area contributed by atoms with Crippen molar-refractivity contribution in [1.29, 1.82) is 0 Å². The molecule has 0 atom stereocenters. The van der Waals surface area contributed by atoms with Crippen molar-refractivity contribution >= 4 is 53.8 Å². The van der Waals surface area contributed by atoms with Gasteiger partial charge in [-0.3, -0.25) is 19.2 Å². The fraction of sp³-hybridized carbons (Fsp3) is 0. The molecule has 6 N–H and O–H groups in total. The third-order valence-electron chi connectivity index (χ3n) is 4.20. The summed E-state index contributed by atoms with van der Waals surface area (Å²) in [5.74, 6) is -1.83. The average molecular weight is 484 g/mol. The number of benzene rings is 3. The van der Waals surface area contributed by atoms with Crippen molar-refractivity contribution in [2.75, 3.05) is 5.73 Å². The summed E-state index contributed by atoms with van der Waals surface area (Å²) in [4.78, 5) is 8.28. The molecular formula is C16H12N4O10S2. The molecular weight excluding hydrogens is 472 g/mol. The number of hydrogen-bond donors (Lipinski definition) is 5. The van der Waals surface area contributed by atoms with Gasteiger partial charge in [0.15, 0.2) is 11.5 Å². The summed E-state index contributed by atoms with van der Waals surface area (Å²) in [5.41, 5.74) is 3.76. The van der Waals surface area contributed by atoms with Crippen molar-refractivity contribution in [2.24, 2.45) is 10.2 Å². The normalized spacial score (nSPS) is 12.4. The monoisotopic (exact) mass is 484 g/mol. The zero-order valence-corrected chi connectivity index (χ0v) is 17.1. The minimum absolute atomic E-state index is 0.0891. The number of nitrogens with two attached hydrogens (primary N) is 1. The van der Waals surface area contributed by atoms with Crippen LogP contribution in [0.15, 0.2) is 56.4 Å². The van der Waals surface area contributed by atoms with E-state index in [1.807, 2.05) is 0 Å². The predicted molar refractivity (Wildman–Crippen MR) is 109 cm³/mol. The van der Waals surface area contributed by atoms with Crippen LogP contribution < -0.4 is 5.73 Å². The molecule has 0 radical (unpaired) electrons. The molecule has 168 valence electrons. The van der Waals surface area contributed by atoms with Gasteiger partial charge in [-0.05, 0) is 18.2 Å². The number of non-ortho nitro benzene ring substituents is 1. The molecule has 0 heterocycles. The molecule has 0 unspecified atom stereocenters. The number of rotatable bonds is 5. The van der Waals surface area contributed by atoms with Gasteiger partial charge < -0.3 is 15.9 Å². The van der Waals surface area contributed by atoms with Gasteiger partial charge in [-0.2, -0.15) is 16.8 Å². The van der Waals surface area contributed by atoms with E-state index in [0.717, 1.165) is 24.3 Å². The minimum Gasteiger partial charge on any atom is -0.505 e. The number of fused-ring (bicyclic) bond motifs is 1. The first-order chi connectivity index (χ1) is 14.7. The van der Waals surface area contributed by atoms with Gasteiger partial charge in [0.05, 0.1) is 10.3 Å². The van der Waals surface area contributed by atoms with Gasteiger partial charge in [0.25, 0.3) is 25.9 Å². The standard InChI is InChI=1S/C16H12N4O10S2/c17-9-2-4-12(31(25,26)27)8-1-3-10(16(22)14(8)9)18-19-11-5-7(20(23)24)6-13(15(11)21)32(28,29)30/h1-6,21-22H,17H2,(H,25,26,27)(H,28,29,30). The van der Waals surface area contributed by atoms with Crippen molar-refractivity contribution in [3.05, 3.63) is 46.5 Å². The third kappa shape index (κ3) is 4.14. The number of nitrogen functional groups attached to an aromatic ring is 1. The van der Waals surface area contributed by atoms with E-state index >= 15 is 0 Å². The lowest BCUT2D eigenvalue weighted by atomic mass is 10.1. The summed E-state index contributed by atoms with van der Waals surface area (Å²) >= 11 is 0. The zero-order chi connectivity index (χ0) is 24.0. The SMILES string of the molecule is Nc1ccc(S(=O)(=O)O)c2ccc(N=Nc3cc([N+](=O)[O-])cc(S(=O)(=O)O)c3O)c(O)c12. The number of aromatic hydroxyl groups is 2. The number of nitro groups is 1. The summed E-state index contributed by atoms with van der Waals surface area (Å²) in [6.45, 7) is 0. The highest BCUT2D eigenvalue weighted by Gasteiger charge is 2.24. The maximum atomic E-state index is 11.5. The van der Waals surface area contributed by atoms with Crippen LogP contribution in [0.5, 0.6) is 11.5 Å². The molecule has 16 heteroatoms. The Labute approximate surface area is 178 Å². The molecule has 14 nitrogen and oxygen atoms in total. The fourth-order valence-corrected chi connectivity index (χ4v) is 4.09. The fourth-order valence-electron chi connectivity index (χ4n) is 2.79. The Kier molecular flexibility index (Phi) is 5.48. The second-order valence-corrected chi connectivity index (χ2v) is 9.01. The number of phenols is 2. The predicted octanol–water partition coefficient (Wildman–Crippen LogP) is 2.65. The van der Waals surface area contributed by atoms with Crippen molar-refractivity contribution in [3.8, 4) is 11.5 Å². The number of anilines is 1. The van der Waals surface area contributed by atoms with Gasteiger partial charge in [0, 0.05) is 23.2 Å². The summed E-state index contributed by atoms with van der Waals surface area (Å²) in [7, 11) is -9.73. The smallest absolute Gasteiger partial charge is 0.298 e. The van der Waals surface area contributed by atoms with E-state index in [4.69, 9.17) is 10.3 Å². The Morgan fingerprint density at radius 2 is 1.44 bits per heavy atom. The Morgan fingerprint density at radius 3 is 2.00 bits per heavy atom. The van der Waals surface area contributed by atoms with E-state index in [2.05, 4.69) is 10.2 Å². The first-order valence-electron chi connectivity index (χ1n) is 8.14. The molecule has 32 heavy (non-hydrogen) atoms. The number of phenolic OH excluding ortho intramolecular Hbond substituents is 2. The van der Waals surface area contributed by atoms with Crippen molar-refractivity contribution in [2.45, 2.75) is 9.79 Å². The first-order valence-corrected chi connectivity index (χ1v) is 11.0. The van der Waals surface area contributed by atoms with Crippen LogP contribution in [0.25, 0.3) is 10.8 Å². The van der Waals surface area contributed by atoms with Crippen molar-refractivity contribution < 1.29 is 41.1 Å². The van der Waals surface area contributed by atoms with Crippen LogP contribution in [0, 0.1) is 10.1 Å². The second-order valence-electron chi connectivity index (χ2n) is 6.23. The average Bonchev–Trinajstić information content (AvgIpc) is 2.66. The van der Waals surface area contributed by atoms with Crippen molar-refractivity contribution in [1.82, 2.24) is 0 Å². The molecule has 0 bridgehead atoms. The highest BCUT2D eigenvalue weighted by atomic mass is 32.2. The lowest BCUT2D eigenvalue weighted by Crippen LogP contribution is -2.00. The largest absolute Gasteiger partial charge is 0.505 e. The van der Waals surface area contributed by atoms with Gasteiger partial charge in [-0.25, -0.2) is 0 Å². The molecule has 0 saturated heterocycles. The van der Waals surface area contributed by atoms with E-state index in [-0.39, 0.29) is 22.1 Å². The minimum atomic E-state index is -5.06. The zero-order valence-electron chi connectivity index (χ0n) is 15.4. The van der Waals surface area contributed by atoms with Crippen LogP contribution >= 0.6 is 0 Å². The number of nitro benzene ring substituents is 1. The summed E-state index contributed by atoms with van der Waals surface area (Å²) in [6.07, 6.45) is 0. The van der Waals surface area contributed by atoms with E-state index in [0.29, 0.717) is 12.1 Å². The quantitative estimate of drug-likeness (QED) is 0.116. The molecule has 0 aromatic heterocycles. The highest BCUT2D eigenvalue weighted by Crippen LogP contribution is 2.42. The molecule has 0 aliphatic heterocycles. The van der Waals surface area contributed by atoms with E-state index in [9.17, 15) is 41.7 Å². The highest BCUT2D eigenvalue weighted by molar-refractivity contribution is 7.86. The van der Waals surface area contributed by atoms with Crippen LogP contribution in [0.1, 0.15) is 0 Å². The van der Waals surface area contributed by atoms with Gasteiger partial charge in [0.2, 0.25) is 0 Å². The van der Waals surface area contributed by atoms with Crippen LogP contribution in [0.4, 0.5) is 22.7 Å². The van der Waals surface area contributed by atoms with E-state index in [1.54, 1.807) is 0 Å². The molecule has 0 saturated carbocycles. The summed E-state index contributed by atoms with van der Waals surface area (Å²) in [5, 5.41) is 38.3. The number of nitrogens with zero attached hydrogens (tertiary/aromatic N) is 3. The Morgan fingerprint density at radius 1 is 0.844 bits per heavy atom. The third-order valence-corrected chi connectivity index (χ3v) is 5.98. The Hall–Kier alpha value is -3.86. The number of azo groups is 1. The lowest BCUT2D eigenvalue weighted by molar-refractivity contribution is -0.385. The molecule has 3 aromatic carbocycles. The van der Waals surface area contributed by atoms with Crippen LogP contribution in [0.2, 0.25) is 0 Å². The second kappa shape index (κ2) is 7.68. The maximum absolute atomic E-state index is 11.5. The summed E-state index contributed by atoms with van der Waals surface area (Å²) in [6, 6.07) is 5.40. The molecule has 3 aromatic rings. The topological polar surface area (TPSA) is 243 Å². The maximum Gasteiger partial charge on any atom is 0.298 e. The van der Waals surface area contributed by atoms with Crippen LogP contribution in [-0.4, -0.2) is 41.1 Å². The Balaban J connectivity index is 2.22. The van der Waals surface area contributed by atoms with Crippen molar-refractivity contribution in [3.63, 3.8) is 0 Å². The molecule has 3 rings (SSSR count). The lowest BCUT2D eigenvalue weighted by Gasteiger charge is -2.10. The van der Waals surface area contributed by atoms with Gasteiger partial charge >= 0.3 is 0 Å². The van der Waals surface area contributed by atoms with Crippen LogP contribution in [-0.2, 0) is 20.2 Å². The number of hydrogen-bond acceptors (Lipinski definition) is 11. The van der Waals surface area contributed by atoms with E-state index < -0.39 is 57.8 Å². The summed E-state index contributed by atoms with van der Waals surface area (Å²) < 4.78 is 64.4.